The topological polar surface area (TPSA) is 3.24 Å². The van der Waals surface area contributed by atoms with Crippen molar-refractivity contribution in [2.45, 2.75) is 0 Å². The Morgan fingerprint density at radius 3 is 1.93 bits per heavy atom. The van der Waals surface area contributed by atoms with Crippen molar-refractivity contribution in [3.63, 3.8) is 0 Å². The van der Waals surface area contributed by atoms with E-state index < -0.39 is 0 Å². The van der Waals surface area contributed by atoms with Crippen LogP contribution in [0.25, 0.3) is 62.2 Å². The van der Waals surface area contributed by atoms with Gasteiger partial charge >= 0.3 is 0 Å². The summed E-state index contributed by atoms with van der Waals surface area (Å²) in [5.74, 6) is 0. The Kier molecular flexibility index (Phi) is 5.62. The molecule has 0 N–H and O–H groups in total. The molecule has 0 amide bonds. The fourth-order valence-electron chi connectivity index (χ4n) is 6.42. The molecule has 9 rings (SSSR count). The monoisotopic (exact) mass is 583 g/mol. The average Bonchev–Trinajstić information content (AvgIpc) is 3.63. The third kappa shape index (κ3) is 4.04. The number of thiophene rings is 2. The van der Waals surface area contributed by atoms with Crippen molar-refractivity contribution < 1.29 is 0 Å². The zero-order valence-electron chi connectivity index (χ0n) is 23.2. The first-order valence-electron chi connectivity index (χ1n) is 14.5. The highest BCUT2D eigenvalue weighted by molar-refractivity contribution is 7.26. The summed E-state index contributed by atoms with van der Waals surface area (Å²) in [7, 11) is 0. The molecule has 0 atom stereocenters. The smallest absolute Gasteiger partial charge is 0.0554 e. The van der Waals surface area contributed by atoms with Crippen LogP contribution in [0.5, 0.6) is 0 Å². The number of fused-ring (bicyclic) bond motifs is 7. The summed E-state index contributed by atoms with van der Waals surface area (Å²) in [5.41, 5.74) is 5.94. The molecule has 43 heavy (non-hydrogen) atoms. The Bertz CT molecular complexity index is 2480. The summed E-state index contributed by atoms with van der Waals surface area (Å²) in [5, 5.41) is 7.76. The summed E-state index contributed by atoms with van der Waals surface area (Å²) in [4.78, 5) is 2.45. The third-order valence-electron chi connectivity index (χ3n) is 8.43. The molecule has 2 aromatic heterocycles. The number of anilines is 3. The summed E-state index contributed by atoms with van der Waals surface area (Å²) < 4.78 is 5.24. The maximum Gasteiger partial charge on any atom is 0.0554 e. The van der Waals surface area contributed by atoms with Gasteiger partial charge in [0.05, 0.1) is 5.69 Å². The van der Waals surface area contributed by atoms with E-state index in [9.17, 15) is 0 Å². The number of hydrogen-bond donors (Lipinski definition) is 0. The normalized spacial score (nSPS) is 11.7. The lowest BCUT2D eigenvalue weighted by atomic mass is 10.00. The van der Waals surface area contributed by atoms with Crippen molar-refractivity contribution >= 4 is 90.9 Å². The zero-order valence-corrected chi connectivity index (χ0v) is 24.8. The van der Waals surface area contributed by atoms with Crippen LogP contribution >= 0.6 is 22.7 Å². The van der Waals surface area contributed by atoms with Crippen LogP contribution in [-0.4, -0.2) is 0 Å². The van der Waals surface area contributed by atoms with E-state index in [0.717, 1.165) is 11.4 Å². The van der Waals surface area contributed by atoms with Crippen molar-refractivity contribution in [3.8, 4) is 11.1 Å². The highest BCUT2D eigenvalue weighted by Gasteiger charge is 2.20. The number of hydrogen-bond acceptors (Lipinski definition) is 3. The van der Waals surface area contributed by atoms with Gasteiger partial charge in [-0.2, -0.15) is 0 Å². The molecule has 2 heterocycles. The number of nitrogens with zero attached hydrogens (tertiary/aromatic N) is 1. The van der Waals surface area contributed by atoms with Crippen LogP contribution in [0.15, 0.2) is 152 Å². The van der Waals surface area contributed by atoms with Gasteiger partial charge in [-0.1, -0.05) is 97.1 Å². The molecule has 1 nitrogen and oxygen atoms in total. The minimum absolute atomic E-state index is 1.15. The first-order valence-corrected chi connectivity index (χ1v) is 16.1. The minimum Gasteiger partial charge on any atom is -0.310 e. The summed E-state index contributed by atoms with van der Waals surface area (Å²) in [6.45, 7) is 0. The third-order valence-corrected chi connectivity index (χ3v) is 10.7. The molecule has 0 fully saturated rings. The second-order valence-electron chi connectivity index (χ2n) is 11.0. The van der Waals surface area contributed by atoms with Crippen molar-refractivity contribution in [1.82, 2.24) is 0 Å². The maximum absolute atomic E-state index is 2.45. The Morgan fingerprint density at radius 1 is 0.372 bits per heavy atom. The Balaban J connectivity index is 1.29. The molecule has 0 aliphatic carbocycles. The molecule has 0 spiro atoms. The fourth-order valence-corrected chi connectivity index (χ4v) is 8.68. The van der Waals surface area contributed by atoms with E-state index in [1.165, 1.54) is 67.9 Å². The second-order valence-corrected chi connectivity index (χ2v) is 13.1. The summed E-state index contributed by atoms with van der Waals surface area (Å²) in [6.07, 6.45) is 0. The highest BCUT2D eigenvalue weighted by atomic mass is 32.1. The quantitative estimate of drug-likeness (QED) is 0.199. The maximum atomic E-state index is 2.45. The van der Waals surface area contributed by atoms with E-state index >= 15 is 0 Å². The van der Waals surface area contributed by atoms with E-state index in [-0.39, 0.29) is 0 Å². The lowest BCUT2D eigenvalue weighted by Crippen LogP contribution is -2.10. The molecule has 0 aliphatic heterocycles. The molecular weight excluding hydrogens is 559 g/mol. The van der Waals surface area contributed by atoms with Gasteiger partial charge in [-0.15, -0.1) is 22.7 Å². The molecule has 0 aliphatic rings. The van der Waals surface area contributed by atoms with Gasteiger partial charge in [0.1, 0.15) is 0 Å². The first-order chi connectivity index (χ1) is 21.3. The summed E-state index contributed by atoms with van der Waals surface area (Å²) >= 11 is 3.73. The lowest BCUT2D eigenvalue weighted by molar-refractivity contribution is 1.31. The van der Waals surface area contributed by atoms with Crippen LogP contribution in [0, 0.1) is 0 Å². The molecule has 3 heteroatoms. The minimum atomic E-state index is 1.15. The van der Waals surface area contributed by atoms with Crippen LogP contribution in [0.4, 0.5) is 17.1 Å². The largest absolute Gasteiger partial charge is 0.310 e. The zero-order chi connectivity index (χ0) is 28.3. The molecule has 7 aromatic carbocycles. The van der Waals surface area contributed by atoms with E-state index in [1.54, 1.807) is 0 Å². The van der Waals surface area contributed by atoms with Gasteiger partial charge in [0, 0.05) is 51.7 Å². The molecular formula is C40H25NS2. The van der Waals surface area contributed by atoms with Crippen molar-refractivity contribution in [2.24, 2.45) is 0 Å². The molecule has 0 unspecified atom stereocenters. The molecule has 0 radical (unpaired) electrons. The van der Waals surface area contributed by atoms with E-state index in [4.69, 9.17) is 0 Å². The van der Waals surface area contributed by atoms with Crippen molar-refractivity contribution in [1.29, 1.82) is 0 Å². The molecule has 202 valence electrons. The highest BCUT2D eigenvalue weighted by Crippen LogP contribution is 2.46. The van der Waals surface area contributed by atoms with Gasteiger partial charge in [0.25, 0.3) is 0 Å². The SMILES string of the molecule is c1cc(-c2ccc3ccccc3c2)cc(N(c2ccc3c(c2)sc2ccccc23)c2cccc3sc4ccccc4c23)c1. The predicted octanol–water partition coefficient (Wildman–Crippen LogP) is 12.7. The molecule has 0 saturated carbocycles. The average molecular weight is 584 g/mol. The van der Waals surface area contributed by atoms with Crippen LogP contribution in [0.2, 0.25) is 0 Å². The van der Waals surface area contributed by atoms with Crippen LogP contribution in [0.1, 0.15) is 0 Å². The van der Waals surface area contributed by atoms with Crippen LogP contribution < -0.4 is 4.90 Å². The Morgan fingerprint density at radius 2 is 1.02 bits per heavy atom. The predicted molar refractivity (Wildman–Crippen MR) is 190 cm³/mol. The van der Waals surface area contributed by atoms with Crippen molar-refractivity contribution in [3.05, 3.63) is 152 Å². The molecule has 0 saturated heterocycles. The van der Waals surface area contributed by atoms with Crippen LogP contribution in [-0.2, 0) is 0 Å². The van der Waals surface area contributed by atoms with Gasteiger partial charge in [-0.3, -0.25) is 0 Å². The number of rotatable bonds is 4. The van der Waals surface area contributed by atoms with Gasteiger partial charge in [0.2, 0.25) is 0 Å². The fraction of sp³-hybridized carbons (Fsp3) is 0. The van der Waals surface area contributed by atoms with E-state index in [1.807, 2.05) is 22.7 Å². The standard InChI is InChI=1S/C40H25NS2/c1-2-10-27-23-29(20-19-26(27)9-1)28-11-7-12-30(24-28)41(31-21-22-33-32-13-3-5-16-36(32)43-39(33)25-31)35-15-8-18-38-40(35)34-14-4-6-17-37(34)42-38/h1-25H. The van der Waals surface area contributed by atoms with E-state index in [2.05, 4.69) is 157 Å². The molecule has 9 aromatic rings. The lowest BCUT2D eigenvalue weighted by Gasteiger charge is -2.27. The van der Waals surface area contributed by atoms with Crippen molar-refractivity contribution in [2.75, 3.05) is 4.90 Å². The van der Waals surface area contributed by atoms with Gasteiger partial charge in [-0.25, -0.2) is 0 Å². The Labute approximate surface area is 257 Å². The number of benzene rings is 7. The second kappa shape index (κ2) is 9.81. The summed E-state index contributed by atoms with van der Waals surface area (Å²) in [6, 6.07) is 55.5. The van der Waals surface area contributed by atoms with E-state index in [0.29, 0.717) is 0 Å². The van der Waals surface area contributed by atoms with Gasteiger partial charge < -0.3 is 4.90 Å². The van der Waals surface area contributed by atoms with Gasteiger partial charge in [-0.05, 0) is 76.5 Å². The Hall–Kier alpha value is -4.96. The first kappa shape index (κ1) is 24.6. The van der Waals surface area contributed by atoms with Gasteiger partial charge in [0.15, 0.2) is 0 Å². The van der Waals surface area contributed by atoms with Crippen LogP contribution in [0.3, 0.4) is 0 Å². The molecule has 0 bridgehead atoms.